The molecule has 1 nitrogen and oxygen atoms in total. The molecule has 1 aliphatic carbocycles. The van der Waals surface area contributed by atoms with Crippen molar-refractivity contribution in [3.05, 3.63) is 0 Å². The van der Waals surface area contributed by atoms with Gasteiger partial charge in [0.1, 0.15) is 0 Å². The summed E-state index contributed by atoms with van der Waals surface area (Å²) in [5.41, 5.74) is 0. The fraction of sp³-hybridized carbons (Fsp3) is 1.00. The summed E-state index contributed by atoms with van der Waals surface area (Å²) in [5, 5.41) is 3.60. The Morgan fingerprint density at radius 2 is 1.29 bits per heavy atom. The highest BCUT2D eigenvalue weighted by atomic mass is 14.9. The summed E-state index contributed by atoms with van der Waals surface area (Å²) in [5.74, 6) is 0.974. The third-order valence-corrected chi connectivity index (χ3v) is 5.46. The first-order valence-electron chi connectivity index (χ1n) is 10.1. The maximum atomic E-state index is 3.60. The Morgan fingerprint density at radius 3 is 1.81 bits per heavy atom. The van der Waals surface area contributed by atoms with Crippen molar-refractivity contribution in [2.45, 2.75) is 116 Å². The van der Waals surface area contributed by atoms with Gasteiger partial charge < -0.3 is 5.32 Å². The summed E-state index contributed by atoms with van der Waals surface area (Å²) < 4.78 is 0. The number of rotatable bonds is 13. The summed E-state index contributed by atoms with van der Waals surface area (Å²) >= 11 is 0. The second kappa shape index (κ2) is 13.6. The lowest BCUT2D eigenvalue weighted by atomic mass is 9.82. The molecule has 0 radical (unpaired) electrons. The van der Waals surface area contributed by atoms with E-state index in [2.05, 4.69) is 19.3 Å². The van der Waals surface area contributed by atoms with Crippen LogP contribution in [-0.4, -0.2) is 13.1 Å². The smallest absolute Gasteiger partial charge is 0.00923 e. The zero-order valence-corrected chi connectivity index (χ0v) is 15.0. The molecule has 0 aromatic carbocycles. The highest BCUT2D eigenvalue weighted by Gasteiger charge is 2.21. The van der Waals surface area contributed by atoms with Crippen molar-refractivity contribution < 1.29 is 0 Å². The van der Waals surface area contributed by atoms with E-state index in [9.17, 15) is 0 Å². The molecule has 1 rings (SSSR count). The molecule has 21 heavy (non-hydrogen) atoms. The van der Waals surface area contributed by atoms with Crippen molar-refractivity contribution in [2.24, 2.45) is 5.92 Å². The Hall–Kier alpha value is -0.0400. The monoisotopic (exact) mass is 295 g/mol. The van der Waals surface area contributed by atoms with Crippen LogP contribution in [0.1, 0.15) is 110 Å². The quantitative estimate of drug-likeness (QED) is 0.384. The van der Waals surface area contributed by atoms with E-state index in [1.165, 1.54) is 103 Å². The Balaban J connectivity index is 1.90. The predicted molar refractivity (Wildman–Crippen MR) is 95.9 cm³/mol. The van der Waals surface area contributed by atoms with Crippen LogP contribution in [0, 0.1) is 5.92 Å². The molecule has 0 heterocycles. The number of hydrogen-bond acceptors (Lipinski definition) is 1. The van der Waals surface area contributed by atoms with E-state index in [4.69, 9.17) is 0 Å². The van der Waals surface area contributed by atoms with Gasteiger partial charge in [-0.15, -0.1) is 0 Å². The minimum Gasteiger partial charge on any atom is -0.317 e. The molecular weight excluding hydrogens is 254 g/mol. The first-order chi connectivity index (χ1) is 10.4. The van der Waals surface area contributed by atoms with Crippen LogP contribution >= 0.6 is 0 Å². The largest absolute Gasteiger partial charge is 0.317 e. The zero-order chi connectivity index (χ0) is 15.2. The first kappa shape index (κ1) is 19.0. The lowest BCUT2D eigenvalue weighted by Gasteiger charge is -2.30. The van der Waals surface area contributed by atoms with Gasteiger partial charge >= 0.3 is 0 Å². The molecule has 1 saturated carbocycles. The van der Waals surface area contributed by atoms with Gasteiger partial charge in [-0.1, -0.05) is 90.4 Å². The van der Waals surface area contributed by atoms with E-state index in [1.54, 1.807) is 0 Å². The molecule has 0 amide bonds. The summed E-state index contributed by atoms with van der Waals surface area (Å²) in [6.45, 7) is 2.30. The van der Waals surface area contributed by atoms with Crippen molar-refractivity contribution in [2.75, 3.05) is 7.05 Å². The highest BCUT2D eigenvalue weighted by Crippen LogP contribution is 2.28. The molecule has 1 aliphatic rings. The van der Waals surface area contributed by atoms with E-state index < -0.39 is 0 Å². The van der Waals surface area contributed by atoms with E-state index >= 15 is 0 Å². The van der Waals surface area contributed by atoms with Gasteiger partial charge in [0.25, 0.3) is 0 Å². The minimum absolute atomic E-state index is 0.805. The molecule has 126 valence electrons. The molecular formula is C20H41N. The maximum absolute atomic E-state index is 3.60. The van der Waals surface area contributed by atoms with Crippen LogP contribution in [0.4, 0.5) is 0 Å². The normalized spacial score (nSPS) is 18.0. The third kappa shape index (κ3) is 9.55. The van der Waals surface area contributed by atoms with E-state index in [0.29, 0.717) is 0 Å². The maximum Gasteiger partial charge on any atom is 0.00923 e. The molecule has 0 aliphatic heterocycles. The summed E-state index contributed by atoms with van der Waals surface area (Å²) in [7, 11) is 2.18. The van der Waals surface area contributed by atoms with Crippen molar-refractivity contribution in [3.63, 3.8) is 0 Å². The van der Waals surface area contributed by atoms with Gasteiger partial charge in [0.2, 0.25) is 0 Å². The van der Waals surface area contributed by atoms with Crippen LogP contribution in [0.2, 0.25) is 0 Å². The second-order valence-corrected chi connectivity index (χ2v) is 7.26. The Kier molecular flexibility index (Phi) is 12.3. The molecule has 1 N–H and O–H groups in total. The van der Waals surface area contributed by atoms with Gasteiger partial charge in [0, 0.05) is 6.04 Å². The van der Waals surface area contributed by atoms with E-state index in [-0.39, 0.29) is 0 Å². The van der Waals surface area contributed by atoms with Crippen LogP contribution < -0.4 is 5.32 Å². The fourth-order valence-corrected chi connectivity index (χ4v) is 4.00. The standard InChI is InChI=1S/C20H41N/c1-3-4-5-6-7-8-9-10-11-15-18-20(21-2)19-16-13-12-14-17-19/h19-21H,3-18H2,1-2H3. The van der Waals surface area contributed by atoms with Gasteiger partial charge in [-0.05, 0) is 32.2 Å². The molecule has 1 unspecified atom stereocenters. The molecule has 1 heteroatoms. The van der Waals surface area contributed by atoms with E-state index in [1.807, 2.05) is 0 Å². The first-order valence-corrected chi connectivity index (χ1v) is 10.1. The molecule has 0 aromatic heterocycles. The molecule has 1 fully saturated rings. The molecule has 0 saturated heterocycles. The average Bonchev–Trinajstić information content (AvgIpc) is 2.54. The summed E-state index contributed by atoms with van der Waals surface area (Å²) in [4.78, 5) is 0. The van der Waals surface area contributed by atoms with Crippen LogP contribution in [-0.2, 0) is 0 Å². The van der Waals surface area contributed by atoms with Crippen molar-refractivity contribution in [1.82, 2.24) is 5.32 Å². The molecule has 1 atom stereocenters. The van der Waals surface area contributed by atoms with Crippen LogP contribution in [0.15, 0.2) is 0 Å². The van der Waals surface area contributed by atoms with Gasteiger partial charge in [-0.3, -0.25) is 0 Å². The van der Waals surface area contributed by atoms with Gasteiger partial charge in [0.05, 0.1) is 0 Å². The van der Waals surface area contributed by atoms with Crippen molar-refractivity contribution in [1.29, 1.82) is 0 Å². The second-order valence-electron chi connectivity index (χ2n) is 7.26. The number of hydrogen-bond donors (Lipinski definition) is 1. The Bertz CT molecular complexity index is 208. The highest BCUT2D eigenvalue weighted by molar-refractivity contribution is 4.78. The summed E-state index contributed by atoms with van der Waals surface area (Å²) in [6, 6.07) is 0.805. The molecule has 0 aromatic rings. The zero-order valence-electron chi connectivity index (χ0n) is 15.0. The van der Waals surface area contributed by atoms with Crippen LogP contribution in [0.3, 0.4) is 0 Å². The lowest BCUT2D eigenvalue weighted by Crippen LogP contribution is -2.34. The Morgan fingerprint density at radius 1 is 0.762 bits per heavy atom. The van der Waals surface area contributed by atoms with E-state index in [0.717, 1.165) is 12.0 Å². The van der Waals surface area contributed by atoms with Gasteiger partial charge in [-0.25, -0.2) is 0 Å². The summed E-state index contributed by atoms with van der Waals surface area (Å²) in [6.07, 6.45) is 23.3. The average molecular weight is 296 g/mol. The molecule has 0 bridgehead atoms. The number of unbranched alkanes of at least 4 members (excludes halogenated alkanes) is 9. The predicted octanol–water partition coefficient (Wildman–Crippen LogP) is 6.47. The molecule has 0 spiro atoms. The van der Waals surface area contributed by atoms with Crippen molar-refractivity contribution >= 4 is 0 Å². The van der Waals surface area contributed by atoms with Crippen LogP contribution in [0.25, 0.3) is 0 Å². The number of nitrogens with one attached hydrogen (secondary N) is 1. The van der Waals surface area contributed by atoms with Crippen molar-refractivity contribution in [3.8, 4) is 0 Å². The lowest BCUT2D eigenvalue weighted by molar-refractivity contribution is 0.263. The fourth-order valence-electron chi connectivity index (χ4n) is 4.00. The minimum atomic E-state index is 0.805. The Labute approximate surface area is 134 Å². The van der Waals surface area contributed by atoms with Crippen LogP contribution in [0.5, 0.6) is 0 Å². The van der Waals surface area contributed by atoms with Gasteiger partial charge in [-0.2, -0.15) is 0 Å². The third-order valence-electron chi connectivity index (χ3n) is 5.46. The SMILES string of the molecule is CCCCCCCCCCCCC(NC)C1CCCCC1. The van der Waals surface area contributed by atoms with Gasteiger partial charge in [0.15, 0.2) is 0 Å². The topological polar surface area (TPSA) is 12.0 Å².